The second-order valence-electron chi connectivity index (χ2n) is 5.54. The monoisotopic (exact) mass is 349 g/mol. The lowest BCUT2D eigenvalue weighted by atomic mass is 10.1. The predicted molar refractivity (Wildman–Crippen MR) is 100 cm³/mol. The standard InChI is InChI=1S/C18H15N5OS/c1-12-5-6-13(15-11-23-8-3-7-19-17(23)20-15)10-14(12)21-18(24)22-16-4-2-9-25-16/h2-11H,1H3,(H2,21,22,24). The molecule has 1 aromatic carbocycles. The number of nitrogens with zero attached hydrogens (tertiary/aromatic N) is 3. The molecule has 25 heavy (non-hydrogen) atoms. The third-order valence-electron chi connectivity index (χ3n) is 3.77. The Kier molecular flexibility index (Phi) is 3.91. The predicted octanol–water partition coefficient (Wildman–Crippen LogP) is 4.41. The molecular formula is C18H15N5OS. The van der Waals surface area contributed by atoms with Crippen LogP contribution in [0.15, 0.2) is 60.4 Å². The van der Waals surface area contributed by atoms with Crippen molar-refractivity contribution >= 4 is 33.8 Å². The van der Waals surface area contributed by atoms with Crippen LogP contribution in [0.25, 0.3) is 17.0 Å². The van der Waals surface area contributed by atoms with Crippen LogP contribution in [0.4, 0.5) is 15.5 Å². The fourth-order valence-corrected chi connectivity index (χ4v) is 3.11. The summed E-state index contributed by atoms with van der Waals surface area (Å²) < 4.78 is 1.87. The van der Waals surface area contributed by atoms with Gasteiger partial charge in [-0.25, -0.2) is 14.8 Å². The van der Waals surface area contributed by atoms with Crippen LogP contribution in [0, 0.1) is 6.92 Å². The first-order valence-corrected chi connectivity index (χ1v) is 8.59. The van der Waals surface area contributed by atoms with Crippen molar-refractivity contribution in [3.8, 4) is 11.3 Å². The third kappa shape index (κ3) is 3.22. The maximum Gasteiger partial charge on any atom is 0.324 e. The van der Waals surface area contributed by atoms with Crippen molar-refractivity contribution in [1.82, 2.24) is 14.4 Å². The average Bonchev–Trinajstić information content (AvgIpc) is 3.25. The maximum absolute atomic E-state index is 12.2. The summed E-state index contributed by atoms with van der Waals surface area (Å²) in [5, 5.41) is 8.43. The summed E-state index contributed by atoms with van der Waals surface area (Å²) in [6.45, 7) is 1.95. The summed E-state index contributed by atoms with van der Waals surface area (Å²) in [5.41, 5.74) is 3.45. The van der Waals surface area contributed by atoms with E-state index in [1.807, 2.05) is 65.5 Å². The molecule has 124 valence electrons. The molecule has 0 saturated heterocycles. The molecule has 0 aliphatic heterocycles. The van der Waals surface area contributed by atoms with E-state index in [1.165, 1.54) is 11.3 Å². The number of carbonyl (C=O) groups excluding carboxylic acids is 1. The SMILES string of the molecule is Cc1ccc(-c2cn3cccnc3n2)cc1NC(=O)Nc1cccs1. The number of rotatable bonds is 3. The molecule has 4 aromatic rings. The lowest BCUT2D eigenvalue weighted by Gasteiger charge is -2.10. The second kappa shape index (κ2) is 6.37. The Bertz CT molecular complexity index is 1010. The minimum absolute atomic E-state index is 0.264. The molecule has 3 aromatic heterocycles. The summed E-state index contributed by atoms with van der Waals surface area (Å²) in [6.07, 6.45) is 5.53. The third-order valence-corrected chi connectivity index (χ3v) is 4.56. The van der Waals surface area contributed by atoms with Gasteiger partial charge in [-0.15, -0.1) is 11.3 Å². The zero-order chi connectivity index (χ0) is 17.2. The van der Waals surface area contributed by atoms with Crippen LogP contribution in [-0.2, 0) is 0 Å². The number of benzene rings is 1. The molecule has 0 aliphatic carbocycles. The number of carbonyl (C=O) groups is 1. The number of nitrogens with one attached hydrogen (secondary N) is 2. The Balaban J connectivity index is 1.60. The van der Waals surface area contributed by atoms with Gasteiger partial charge < -0.3 is 5.32 Å². The van der Waals surface area contributed by atoms with Gasteiger partial charge in [-0.1, -0.05) is 12.1 Å². The van der Waals surface area contributed by atoms with E-state index in [0.29, 0.717) is 5.78 Å². The molecule has 0 aliphatic rings. The van der Waals surface area contributed by atoms with Crippen molar-refractivity contribution in [3.05, 3.63) is 65.9 Å². The minimum Gasteiger partial charge on any atom is -0.307 e. The van der Waals surface area contributed by atoms with Gasteiger partial charge in [0.15, 0.2) is 0 Å². The van der Waals surface area contributed by atoms with E-state index in [9.17, 15) is 4.79 Å². The molecule has 0 fully saturated rings. The van der Waals surface area contributed by atoms with Gasteiger partial charge in [0, 0.05) is 29.8 Å². The van der Waals surface area contributed by atoms with Crippen LogP contribution in [0.2, 0.25) is 0 Å². The van der Waals surface area contributed by atoms with Gasteiger partial charge in [-0.05, 0) is 42.1 Å². The molecule has 2 N–H and O–H groups in total. The summed E-state index contributed by atoms with van der Waals surface area (Å²) in [7, 11) is 0. The highest BCUT2D eigenvalue weighted by atomic mass is 32.1. The smallest absolute Gasteiger partial charge is 0.307 e. The molecule has 0 atom stereocenters. The van der Waals surface area contributed by atoms with Crippen LogP contribution in [0.3, 0.4) is 0 Å². The molecule has 0 spiro atoms. The van der Waals surface area contributed by atoms with Crippen molar-refractivity contribution in [1.29, 1.82) is 0 Å². The number of hydrogen-bond donors (Lipinski definition) is 2. The summed E-state index contributed by atoms with van der Waals surface area (Å²) in [6, 6.07) is 11.2. The molecule has 0 unspecified atom stereocenters. The molecule has 6 nitrogen and oxygen atoms in total. The number of aryl methyl sites for hydroxylation is 1. The molecule has 0 radical (unpaired) electrons. The molecule has 0 saturated carbocycles. The highest BCUT2D eigenvalue weighted by molar-refractivity contribution is 7.14. The zero-order valence-electron chi connectivity index (χ0n) is 13.4. The number of amides is 2. The van der Waals surface area contributed by atoms with E-state index in [4.69, 9.17) is 0 Å². The van der Waals surface area contributed by atoms with Crippen molar-refractivity contribution < 1.29 is 4.79 Å². The Hall–Kier alpha value is -3.19. The van der Waals surface area contributed by atoms with Crippen molar-refractivity contribution in [2.45, 2.75) is 6.92 Å². The van der Waals surface area contributed by atoms with Gasteiger partial charge in [0.1, 0.15) is 0 Å². The first kappa shape index (κ1) is 15.3. The van der Waals surface area contributed by atoms with Gasteiger partial charge in [-0.2, -0.15) is 0 Å². The van der Waals surface area contributed by atoms with Crippen molar-refractivity contribution in [2.75, 3.05) is 10.6 Å². The van der Waals surface area contributed by atoms with Crippen LogP contribution < -0.4 is 10.6 Å². The van der Waals surface area contributed by atoms with Gasteiger partial charge in [-0.3, -0.25) is 9.72 Å². The number of hydrogen-bond acceptors (Lipinski definition) is 4. The van der Waals surface area contributed by atoms with Gasteiger partial charge in [0.2, 0.25) is 5.78 Å². The van der Waals surface area contributed by atoms with E-state index in [0.717, 1.165) is 27.5 Å². The Morgan fingerprint density at radius 3 is 2.92 bits per heavy atom. The van der Waals surface area contributed by atoms with Crippen LogP contribution in [0.5, 0.6) is 0 Å². The first-order chi connectivity index (χ1) is 12.2. The highest BCUT2D eigenvalue weighted by Crippen LogP contribution is 2.25. The lowest BCUT2D eigenvalue weighted by Crippen LogP contribution is -2.19. The number of imidazole rings is 1. The summed E-state index contributed by atoms with van der Waals surface area (Å²) >= 11 is 1.48. The molecule has 0 bridgehead atoms. The van der Waals surface area contributed by atoms with Gasteiger partial charge >= 0.3 is 6.03 Å². The molecule has 7 heteroatoms. The van der Waals surface area contributed by atoms with E-state index in [2.05, 4.69) is 20.6 Å². The van der Waals surface area contributed by atoms with Crippen molar-refractivity contribution in [3.63, 3.8) is 0 Å². The van der Waals surface area contributed by atoms with Gasteiger partial charge in [0.25, 0.3) is 0 Å². The van der Waals surface area contributed by atoms with E-state index in [-0.39, 0.29) is 6.03 Å². The minimum atomic E-state index is -0.264. The number of aromatic nitrogens is 3. The van der Waals surface area contributed by atoms with Crippen LogP contribution in [0.1, 0.15) is 5.56 Å². The fraction of sp³-hybridized carbons (Fsp3) is 0.0556. The fourth-order valence-electron chi connectivity index (χ4n) is 2.50. The largest absolute Gasteiger partial charge is 0.324 e. The average molecular weight is 349 g/mol. The number of urea groups is 1. The molecule has 2 amide bonds. The first-order valence-electron chi connectivity index (χ1n) is 7.71. The number of fused-ring (bicyclic) bond motifs is 1. The Labute approximate surface area is 148 Å². The quantitative estimate of drug-likeness (QED) is 0.575. The molecule has 4 rings (SSSR count). The summed E-state index contributed by atoms with van der Waals surface area (Å²) in [5.74, 6) is 0.642. The van der Waals surface area contributed by atoms with E-state index in [1.54, 1.807) is 6.20 Å². The lowest BCUT2D eigenvalue weighted by molar-refractivity contribution is 0.262. The van der Waals surface area contributed by atoms with Crippen LogP contribution >= 0.6 is 11.3 Å². The summed E-state index contributed by atoms with van der Waals surface area (Å²) in [4.78, 5) is 20.9. The van der Waals surface area contributed by atoms with Crippen molar-refractivity contribution in [2.24, 2.45) is 0 Å². The number of thiophene rings is 1. The van der Waals surface area contributed by atoms with Crippen LogP contribution in [-0.4, -0.2) is 20.4 Å². The molecule has 3 heterocycles. The second-order valence-corrected chi connectivity index (χ2v) is 6.49. The Morgan fingerprint density at radius 2 is 2.12 bits per heavy atom. The van der Waals surface area contributed by atoms with Gasteiger partial charge in [0.05, 0.1) is 10.7 Å². The molecular weight excluding hydrogens is 334 g/mol. The van der Waals surface area contributed by atoms with E-state index >= 15 is 0 Å². The topological polar surface area (TPSA) is 71.3 Å². The zero-order valence-corrected chi connectivity index (χ0v) is 14.2. The maximum atomic E-state index is 12.2. The number of anilines is 2. The normalized spacial score (nSPS) is 10.8. The highest BCUT2D eigenvalue weighted by Gasteiger charge is 2.10. The Morgan fingerprint density at radius 1 is 1.20 bits per heavy atom. The van der Waals surface area contributed by atoms with E-state index < -0.39 is 0 Å².